The highest BCUT2D eigenvalue weighted by atomic mass is 16.1. The van der Waals surface area contributed by atoms with Gasteiger partial charge in [-0.3, -0.25) is 4.79 Å². The fourth-order valence-electron chi connectivity index (χ4n) is 1.90. The summed E-state index contributed by atoms with van der Waals surface area (Å²) in [5, 5.41) is 7.91. The zero-order valence-electron chi connectivity index (χ0n) is 9.29. The number of aromatic nitrogens is 2. The predicted octanol–water partition coefficient (Wildman–Crippen LogP) is 2.47. The van der Waals surface area contributed by atoms with Gasteiger partial charge < -0.3 is 0 Å². The Morgan fingerprint density at radius 3 is 2.73 bits per heavy atom. The van der Waals surface area contributed by atoms with Crippen molar-refractivity contribution in [1.29, 1.82) is 0 Å². The predicted molar refractivity (Wildman–Crippen MR) is 57.8 cm³/mol. The Kier molecular flexibility index (Phi) is 2.80. The van der Waals surface area contributed by atoms with E-state index in [1.54, 1.807) is 0 Å². The fraction of sp³-hybridized carbons (Fsp3) is 0.583. The maximum Gasteiger partial charge on any atom is 0.165 e. The average molecular weight is 204 g/mol. The van der Waals surface area contributed by atoms with Gasteiger partial charge >= 0.3 is 0 Å². The van der Waals surface area contributed by atoms with E-state index >= 15 is 0 Å². The lowest BCUT2D eigenvalue weighted by molar-refractivity contribution is 0.0935. The molecule has 0 saturated heterocycles. The molecule has 3 nitrogen and oxygen atoms in total. The maximum atomic E-state index is 12.0. The van der Waals surface area contributed by atoms with Crippen LogP contribution in [0.3, 0.4) is 0 Å². The molecule has 0 unspecified atom stereocenters. The summed E-state index contributed by atoms with van der Waals surface area (Å²) in [6.07, 6.45) is 4.39. The molecule has 0 aliphatic heterocycles. The van der Waals surface area contributed by atoms with Crippen LogP contribution < -0.4 is 0 Å². The van der Waals surface area contributed by atoms with Crippen molar-refractivity contribution < 1.29 is 4.79 Å². The Morgan fingerprint density at radius 2 is 2.13 bits per heavy atom. The number of hydrogen-bond acceptors (Lipinski definition) is 3. The molecule has 1 saturated carbocycles. The Bertz CT molecular complexity index is 383. The monoisotopic (exact) mass is 204 g/mol. The van der Waals surface area contributed by atoms with Crippen LogP contribution >= 0.6 is 0 Å². The zero-order chi connectivity index (χ0) is 10.8. The molecule has 0 atom stereocenters. The number of rotatable bonds is 3. The highest BCUT2D eigenvalue weighted by Gasteiger charge is 2.22. The molecule has 1 aliphatic carbocycles. The first-order chi connectivity index (χ1) is 7.16. The summed E-state index contributed by atoms with van der Waals surface area (Å²) < 4.78 is 0. The van der Waals surface area contributed by atoms with Crippen molar-refractivity contribution in [3.63, 3.8) is 0 Å². The molecule has 1 aromatic heterocycles. The highest BCUT2D eigenvalue weighted by Crippen LogP contribution is 2.30. The molecule has 0 radical (unpaired) electrons. The molecule has 15 heavy (non-hydrogen) atoms. The summed E-state index contributed by atoms with van der Waals surface area (Å²) in [5.74, 6) is 0.848. The van der Waals surface area contributed by atoms with E-state index in [2.05, 4.69) is 10.2 Å². The number of hydrogen-bond donors (Lipinski definition) is 0. The van der Waals surface area contributed by atoms with Gasteiger partial charge in [0.25, 0.3) is 0 Å². The van der Waals surface area contributed by atoms with Crippen molar-refractivity contribution in [2.45, 2.75) is 39.5 Å². The second-order valence-corrected chi connectivity index (χ2v) is 4.41. The van der Waals surface area contributed by atoms with Crippen LogP contribution in [0.1, 0.15) is 47.4 Å². The number of nitrogens with zero attached hydrogens (tertiary/aromatic N) is 2. The van der Waals surface area contributed by atoms with Crippen molar-refractivity contribution in [3.05, 3.63) is 23.0 Å². The third kappa shape index (κ3) is 2.22. The minimum Gasteiger partial charge on any atom is -0.294 e. The van der Waals surface area contributed by atoms with Crippen LogP contribution in [0.4, 0.5) is 0 Å². The molecule has 0 amide bonds. The normalized spacial score (nSPS) is 16.1. The van der Waals surface area contributed by atoms with Gasteiger partial charge in [0.2, 0.25) is 0 Å². The summed E-state index contributed by atoms with van der Waals surface area (Å²) in [6, 6.07) is 1.85. The lowest BCUT2D eigenvalue weighted by Crippen LogP contribution is -2.17. The number of carbonyl (C=O) groups is 1. The highest BCUT2D eigenvalue weighted by molar-refractivity contribution is 5.97. The van der Waals surface area contributed by atoms with Crippen LogP contribution in [0.25, 0.3) is 0 Å². The van der Waals surface area contributed by atoms with Crippen LogP contribution in [0.15, 0.2) is 6.07 Å². The summed E-state index contributed by atoms with van der Waals surface area (Å²) in [4.78, 5) is 12.0. The van der Waals surface area contributed by atoms with Crippen molar-refractivity contribution in [3.8, 4) is 0 Å². The van der Waals surface area contributed by atoms with E-state index in [1.165, 1.54) is 19.3 Å². The second kappa shape index (κ2) is 4.09. The third-order valence-corrected chi connectivity index (χ3v) is 3.10. The topological polar surface area (TPSA) is 42.9 Å². The number of aryl methyl sites for hydroxylation is 2. The van der Waals surface area contributed by atoms with Gasteiger partial charge in [0, 0.05) is 12.0 Å². The van der Waals surface area contributed by atoms with Gasteiger partial charge in [-0.15, -0.1) is 0 Å². The van der Waals surface area contributed by atoms with Crippen LogP contribution in [-0.4, -0.2) is 16.0 Å². The molecule has 1 fully saturated rings. The SMILES string of the molecule is Cc1cc(C(=O)CC2CCC2)c(C)nn1. The lowest BCUT2D eigenvalue weighted by atomic mass is 9.81. The Balaban J connectivity index is 2.12. The molecule has 1 aliphatic rings. The Morgan fingerprint density at radius 1 is 1.40 bits per heavy atom. The van der Waals surface area contributed by atoms with Gasteiger partial charge in [0.05, 0.1) is 11.4 Å². The first kappa shape index (κ1) is 10.3. The maximum absolute atomic E-state index is 12.0. The number of ketones is 1. The molecular weight excluding hydrogens is 188 g/mol. The van der Waals surface area contributed by atoms with Crippen molar-refractivity contribution >= 4 is 5.78 Å². The van der Waals surface area contributed by atoms with E-state index in [0.29, 0.717) is 12.3 Å². The van der Waals surface area contributed by atoms with Crippen LogP contribution in [0.5, 0.6) is 0 Å². The standard InChI is InChI=1S/C12H16N2O/c1-8-6-11(9(2)14-13-8)12(15)7-10-4-3-5-10/h6,10H,3-5,7H2,1-2H3. The van der Waals surface area contributed by atoms with Gasteiger partial charge in [-0.25, -0.2) is 0 Å². The van der Waals surface area contributed by atoms with Gasteiger partial charge in [-0.2, -0.15) is 10.2 Å². The van der Waals surface area contributed by atoms with E-state index < -0.39 is 0 Å². The van der Waals surface area contributed by atoms with Crippen LogP contribution in [0, 0.1) is 19.8 Å². The van der Waals surface area contributed by atoms with Gasteiger partial charge in [-0.1, -0.05) is 19.3 Å². The summed E-state index contributed by atoms with van der Waals surface area (Å²) in [7, 11) is 0. The van der Waals surface area contributed by atoms with E-state index in [9.17, 15) is 4.79 Å². The van der Waals surface area contributed by atoms with E-state index in [1.807, 2.05) is 19.9 Å². The zero-order valence-corrected chi connectivity index (χ0v) is 9.29. The molecule has 1 aromatic rings. The molecule has 1 heterocycles. The third-order valence-electron chi connectivity index (χ3n) is 3.10. The molecular formula is C12H16N2O. The van der Waals surface area contributed by atoms with Crippen molar-refractivity contribution in [1.82, 2.24) is 10.2 Å². The number of carbonyl (C=O) groups excluding carboxylic acids is 1. The van der Waals surface area contributed by atoms with Gasteiger partial charge in [0.15, 0.2) is 5.78 Å². The summed E-state index contributed by atoms with van der Waals surface area (Å²) in [6.45, 7) is 3.72. The Labute approximate surface area is 89.9 Å². The molecule has 0 spiro atoms. The first-order valence-electron chi connectivity index (χ1n) is 5.51. The van der Waals surface area contributed by atoms with Gasteiger partial charge in [-0.05, 0) is 25.8 Å². The van der Waals surface area contributed by atoms with Crippen LogP contribution in [0.2, 0.25) is 0 Å². The second-order valence-electron chi connectivity index (χ2n) is 4.41. The Hall–Kier alpha value is -1.25. The molecule has 0 N–H and O–H groups in total. The fourth-order valence-corrected chi connectivity index (χ4v) is 1.90. The van der Waals surface area contributed by atoms with E-state index in [4.69, 9.17) is 0 Å². The largest absolute Gasteiger partial charge is 0.294 e. The molecule has 0 aromatic carbocycles. The van der Waals surface area contributed by atoms with Crippen molar-refractivity contribution in [2.75, 3.05) is 0 Å². The summed E-state index contributed by atoms with van der Waals surface area (Å²) in [5.41, 5.74) is 2.33. The molecule has 3 heteroatoms. The smallest absolute Gasteiger partial charge is 0.165 e. The minimum absolute atomic E-state index is 0.232. The minimum atomic E-state index is 0.232. The van der Waals surface area contributed by atoms with Crippen LogP contribution in [-0.2, 0) is 0 Å². The molecule has 80 valence electrons. The quantitative estimate of drug-likeness (QED) is 0.710. The van der Waals surface area contributed by atoms with E-state index in [0.717, 1.165) is 17.0 Å². The molecule has 0 bridgehead atoms. The first-order valence-corrected chi connectivity index (χ1v) is 5.51. The molecule has 2 rings (SSSR count). The van der Waals surface area contributed by atoms with E-state index in [-0.39, 0.29) is 5.78 Å². The average Bonchev–Trinajstić information content (AvgIpc) is 2.15. The lowest BCUT2D eigenvalue weighted by Gasteiger charge is -2.24. The summed E-state index contributed by atoms with van der Waals surface area (Å²) >= 11 is 0. The van der Waals surface area contributed by atoms with Gasteiger partial charge in [0.1, 0.15) is 0 Å². The number of Topliss-reactive ketones (excluding diaryl/α,β-unsaturated/α-hetero) is 1. The van der Waals surface area contributed by atoms with Crippen molar-refractivity contribution in [2.24, 2.45) is 5.92 Å².